The second-order valence-corrected chi connectivity index (χ2v) is 5.12. The maximum Gasteiger partial charge on any atom is 0.338 e. The molecule has 0 aromatic heterocycles. The van der Waals surface area contributed by atoms with E-state index in [2.05, 4.69) is 6.58 Å². The third kappa shape index (κ3) is 4.44. The molecule has 0 saturated heterocycles. The Balaban J connectivity index is 2.38. The fourth-order valence-electron chi connectivity index (χ4n) is 2.08. The molecule has 0 atom stereocenters. The fraction of sp³-hybridized carbons (Fsp3) is 0.158. The number of carbonyl (C=O) groups is 2. The quantitative estimate of drug-likeness (QED) is 0.330. The van der Waals surface area contributed by atoms with Crippen molar-refractivity contribution in [3.63, 3.8) is 0 Å². The molecule has 25 heavy (non-hydrogen) atoms. The smallest absolute Gasteiger partial charge is 0.338 e. The van der Waals surface area contributed by atoms with Gasteiger partial charge in [0.15, 0.2) is 11.6 Å². The molecule has 0 aliphatic rings. The van der Waals surface area contributed by atoms with Crippen LogP contribution in [0.2, 0.25) is 0 Å². The monoisotopic (exact) mass is 344 g/mol. The second-order valence-electron chi connectivity index (χ2n) is 5.12. The molecule has 0 N–H and O–H groups in total. The summed E-state index contributed by atoms with van der Waals surface area (Å²) < 4.78 is 29.5. The first-order valence-electron chi connectivity index (χ1n) is 7.51. The van der Waals surface area contributed by atoms with Crippen molar-refractivity contribution in [1.29, 1.82) is 0 Å². The minimum atomic E-state index is -0.697. The molecule has 6 heteroatoms. The normalized spacial score (nSPS) is 10.0. The lowest BCUT2D eigenvalue weighted by molar-refractivity contribution is -0.130. The van der Waals surface area contributed by atoms with Gasteiger partial charge < -0.3 is 14.2 Å². The molecular formula is C19H17FO5. The van der Waals surface area contributed by atoms with Gasteiger partial charge in [-0.25, -0.2) is 9.18 Å². The number of hydrogen-bond donors (Lipinski definition) is 0. The van der Waals surface area contributed by atoms with E-state index in [-0.39, 0.29) is 11.3 Å². The van der Waals surface area contributed by atoms with Crippen LogP contribution >= 0.6 is 0 Å². The van der Waals surface area contributed by atoms with Crippen molar-refractivity contribution in [1.82, 2.24) is 0 Å². The van der Waals surface area contributed by atoms with Crippen molar-refractivity contribution in [3.05, 3.63) is 54.4 Å². The molecule has 0 unspecified atom stereocenters. The number of rotatable bonds is 7. The van der Waals surface area contributed by atoms with Gasteiger partial charge in [-0.3, -0.25) is 4.79 Å². The lowest BCUT2D eigenvalue weighted by Gasteiger charge is -2.13. The van der Waals surface area contributed by atoms with Gasteiger partial charge in [0.2, 0.25) is 0 Å². The highest BCUT2D eigenvalue weighted by atomic mass is 19.1. The van der Waals surface area contributed by atoms with E-state index < -0.39 is 11.8 Å². The third-order valence-electron chi connectivity index (χ3n) is 3.23. The van der Waals surface area contributed by atoms with Crippen LogP contribution < -0.4 is 14.2 Å². The van der Waals surface area contributed by atoms with Crippen LogP contribution in [0.25, 0.3) is 11.1 Å². The maximum absolute atomic E-state index is 14.3. The molecule has 130 valence electrons. The number of hydrogen-bond acceptors (Lipinski definition) is 5. The number of ether oxygens (including phenoxy) is 3. The van der Waals surface area contributed by atoms with Crippen molar-refractivity contribution >= 4 is 12.4 Å². The average Bonchev–Trinajstić information content (AvgIpc) is 2.57. The van der Waals surface area contributed by atoms with Crippen LogP contribution in [0.3, 0.4) is 0 Å². The zero-order valence-corrected chi connectivity index (χ0v) is 13.9. The van der Waals surface area contributed by atoms with Gasteiger partial charge in [-0.15, -0.1) is 0 Å². The maximum atomic E-state index is 14.3. The molecule has 0 aliphatic carbocycles. The Morgan fingerprint density at radius 1 is 1.20 bits per heavy atom. The second kappa shape index (κ2) is 8.10. The van der Waals surface area contributed by atoms with Gasteiger partial charge in [0.05, 0.1) is 6.61 Å². The highest BCUT2D eigenvalue weighted by Crippen LogP contribution is 2.35. The molecule has 0 radical (unpaired) electrons. The molecule has 5 nitrogen and oxygen atoms in total. The Kier molecular flexibility index (Phi) is 5.89. The standard InChI is InChI=1S/C19H17FO5/c1-4-23-18-10-14(24-11-21)6-7-15(18)13-5-8-17(16(20)9-13)25-19(22)12(2)3/h5-11H,2,4H2,1,3H3. The molecule has 2 aromatic rings. The van der Waals surface area contributed by atoms with Crippen LogP contribution in [-0.4, -0.2) is 19.0 Å². The van der Waals surface area contributed by atoms with Gasteiger partial charge in [-0.2, -0.15) is 0 Å². The lowest BCUT2D eigenvalue weighted by atomic mass is 10.0. The van der Waals surface area contributed by atoms with Crippen LogP contribution in [0.15, 0.2) is 48.6 Å². The van der Waals surface area contributed by atoms with E-state index in [4.69, 9.17) is 14.2 Å². The largest absolute Gasteiger partial charge is 0.493 e. The summed E-state index contributed by atoms with van der Waals surface area (Å²) >= 11 is 0. The van der Waals surface area contributed by atoms with Crippen molar-refractivity contribution in [2.45, 2.75) is 13.8 Å². The fourth-order valence-corrected chi connectivity index (χ4v) is 2.08. The van der Waals surface area contributed by atoms with E-state index in [1.807, 2.05) is 0 Å². The summed E-state index contributed by atoms with van der Waals surface area (Å²) in [4.78, 5) is 22.0. The molecule has 2 rings (SSSR count). The molecule has 0 bridgehead atoms. The van der Waals surface area contributed by atoms with Gasteiger partial charge in [0.25, 0.3) is 6.47 Å². The summed E-state index contributed by atoms with van der Waals surface area (Å²) in [6.45, 7) is 7.43. The van der Waals surface area contributed by atoms with E-state index in [9.17, 15) is 14.0 Å². The number of halogens is 1. The minimum Gasteiger partial charge on any atom is -0.493 e. The van der Waals surface area contributed by atoms with Gasteiger partial charge in [-0.05, 0) is 43.7 Å². The Bertz CT molecular complexity index is 813. The van der Waals surface area contributed by atoms with E-state index in [0.717, 1.165) is 0 Å². The molecule has 0 heterocycles. The predicted octanol–water partition coefficient (Wildman–Crippen LogP) is 3.91. The summed E-state index contributed by atoms with van der Waals surface area (Å²) in [6, 6.07) is 8.95. The first-order chi connectivity index (χ1) is 12.0. The molecule has 0 fully saturated rings. The van der Waals surface area contributed by atoms with Gasteiger partial charge in [0.1, 0.15) is 11.5 Å². The molecule has 0 amide bonds. The van der Waals surface area contributed by atoms with Crippen LogP contribution in [-0.2, 0) is 9.59 Å². The zero-order chi connectivity index (χ0) is 18.4. The predicted molar refractivity (Wildman–Crippen MR) is 90.1 cm³/mol. The van der Waals surface area contributed by atoms with Crippen LogP contribution in [0.5, 0.6) is 17.2 Å². The number of esters is 1. The summed E-state index contributed by atoms with van der Waals surface area (Å²) in [6.07, 6.45) is 0. The van der Waals surface area contributed by atoms with E-state index >= 15 is 0 Å². The molecule has 2 aromatic carbocycles. The van der Waals surface area contributed by atoms with E-state index in [1.165, 1.54) is 19.1 Å². The van der Waals surface area contributed by atoms with Crippen molar-refractivity contribution < 1.29 is 28.2 Å². The van der Waals surface area contributed by atoms with E-state index in [1.54, 1.807) is 31.2 Å². The first-order valence-corrected chi connectivity index (χ1v) is 7.51. The van der Waals surface area contributed by atoms with Crippen molar-refractivity contribution in [2.24, 2.45) is 0 Å². The highest BCUT2D eigenvalue weighted by molar-refractivity contribution is 5.89. The summed E-state index contributed by atoms with van der Waals surface area (Å²) in [7, 11) is 0. The molecular weight excluding hydrogens is 327 g/mol. The van der Waals surface area contributed by atoms with Crippen LogP contribution in [0, 0.1) is 5.82 Å². The Morgan fingerprint density at radius 2 is 1.96 bits per heavy atom. The van der Waals surface area contributed by atoms with Gasteiger partial charge >= 0.3 is 5.97 Å². The minimum absolute atomic E-state index is 0.174. The average molecular weight is 344 g/mol. The molecule has 0 saturated carbocycles. The summed E-state index contributed by atoms with van der Waals surface area (Å²) in [5.41, 5.74) is 1.30. The van der Waals surface area contributed by atoms with E-state index in [0.29, 0.717) is 35.7 Å². The Labute approximate surface area is 144 Å². The third-order valence-corrected chi connectivity index (χ3v) is 3.23. The Hall–Kier alpha value is -3.15. The van der Waals surface area contributed by atoms with Crippen LogP contribution in [0.1, 0.15) is 13.8 Å². The lowest BCUT2D eigenvalue weighted by Crippen LogP contribution is -2.09. The number of carbonyl (C=O) groups excluding carboxylic acids is 2. The zero-order valence-electron chi connectivity index (χ0n) is 13.9. The SMILES string of the molecule is C=C(C)C(=O)Oc1ccc(-c2ccc(OC=O)cc2OCC)cc1F. The highest BCUT2D eigenvalue weighted by Gasteiger charge is 2.14. The first kappa shape index (κ1) is 18.2. The number of benzene rings is 2. The molecule has 0 aliphatic heterocycles. The molecule has 0 spiro atoms. The summed E-state index contributed by atoms with van der Waals surface area (Å²) in [5.74, 6) is -0.821. The van der Waals surface area contributed by atoms with Crippen LogP contribution in [0.4, 0.5) is 4.39 Å². The summed E-state index contributed by atoms with van der Waals surface area (Å²) in [5, 5.41) is 0. The topological polar surface area (TPSA) is 61.8 Å². The Morgan fingerprint density at radius 3 is 2.56 bits per heavy atom. The van der Waals surface area contributed by atoms with Crippen molar-refractivity contribution in [3.8, 4) is 28.4 Å². The van der Waals surface area contributed by atoms with Gasteiger partial charge in [-0.1, -0.05) is 12.6 Å². The van der Waals surface area contributed by atoms with Crippen molar-refractivity contribution in [2.75, 3.05) is 6.61 Å². The van der Waals surface area contributed by atoms with Gasteiger partial charge in [0, 0.05) is 17.2 Å².